The molecule has 0 aliphatic heterocycles. The lowest BCUT2D eigenvalue weighted by atomic mass is 9.87. The molecule has 0 aliphatic carbocycles. The number of benzene rings is 1. The van der Waals surface area contributed by atoms with Gasteiger partial charge in [0.05, 0.1) is 0 Å². The predicted molar refractivity (Wildman–Crippen MR) is 76.8 cm³/mol. The lowest BCUT2D eigenvalue weighted by molar-refractivity contribution is -0.141. The van der Waals surface area contributed by atoms with Gasteiger partial charge in [0.15, 0.2) is 0 Å². The maximum atomic E-state index is 13.1. The molecule has 0 aliphatic rings. The van der Waals surface area contributed by atoms with Crippen LogP contribution in [0.25, 0.3) is 4.85 Å². The van der Waals surface area contributed by atoms with Crippen LogP contribution in [0.15, 0.2) is 12.1 Å². The molecule has 1 aromatic rings. The van der Waals surface area contributed by atoms with Crippen LogP contribution in [-0.4, -0.2) is 0 Å². The summed E-state index contributed by atoms with van der Waals surface area (Å²) in [6.45, 7) is 6.42. The zero-order chi connectivity index (χ0) is 18.1. The molecule has 0 heterocycles. The van der Waals surface area contributed by atoms with E-state index < -0.39 is 34.6 Å². The minimum Gasteiger partial charge on any atom is -0.166 e. The Kier molecular flexibility index (Phi) is 5.40. The Morgan fingerprint density at radius 3 is 1.61 bits per heavy atom. The van der Waals surface area contributed by atoms with Crippen molar-refractivity contribution in [2.75, 3.05) is 0 Å². The fourth-order valence-electron chi connectivity index (χ4n) is 1.93. The van der Waals surface area contributed by atoms with Gasteiger partial charge in [-0.3, -0.25) is 0 Å². The van der Waals surface area contributed by atoms with Crippen molar-refractivity contribution in [1.29, 1.82) is 0 Å². The minimum atomic E-state index is -4.93. The maximum absolute atomic E-state index is 13.1. The van der Waals surface area contributed by atoms with Crippen molar-refractivity contribution in [3.8, 4) is 6.07 Å². The molecule has 0 amide bonds. The fraction of sp³-hybridized carbons (Fsp3) is 0.562. The molecule has 1 rings (SSSR count). The molecular weight excluding hydrogens is 320 g/mol. The van der Waals surface area contributed by atoms with E-state index in [1.165, 1.54) is 6.92 Å². The molecule has 0 unspecified atom stereocenters. The number of aryl methyl sites for hydroxylation is 1. The summed E-state index contributed by atoms with van der Waals surface area (Å²) < 4.78 is 78.8. The highest BCUT2D eigenvalue weighted by Crippen LogP contribution is 2.45. The lowest BCUT2D eigenvalue weighted by Gasteiger charge is -2.13. The van der Waals surface area contributed by atoms with Crippen molar-refractivity contribution in [2.24, 2.45) is 5.41 Å². The third kappa shape index (κ3) is 4.63. The average molecular weight is 338 g/mol. The molecule has 23 heavy (non-hydrogen) atoms. The normalized spacial score (nSPS) is 12.8. The standard InChI is InChI=1S/C16H18F6N/c1-5-14(4,6-2)9-23-13-11(15(17,18)19)7-10(3)8-12(13)16(20,21)22/h7-8H,5-6H2,1-4H3/q+1. The van der Waals surface area contributed by atoms with E-state index in [0.29, 0.717) is 25.0 Å². The Bertz CT molecular complexity index is 592. The molecule has 128 valence electrons. The number of halogens is 6. The summed E-state index contributed by atoms with van der Waals surface area (Å²) in [5.41, 5.74) is -4.73. The van der Waals surface area contributed by atoms with Crippen molar-refractivity contribution < 1.29 is 26.3 Å². The molecule has 1 nitrogen and oxygen atoms in total. The highest BCUT2D eigenvalue weighted by Gasteiger charge is 2.46. The Morgan fingerprint density at radius 2 is 1.30 bits per heavy atom. The SMILES string of the molecule is CCC(C)(C#[N+]c1c(C(F)(F)F)cc(C)cc1C(F)(F)F)CC. The number of alkyl halides is 6. The Morgan fingerprint density at radius 1 is 0.913 bits per heavy atom. The molecule has 0 atom stereocenters. The summed E-state index contributed by atoms with van der Waals surface area (Å²) in [6.07, 6.45) is -8.86. The highest BCUT2D eigenvalue weighted by atomic mass is 19.4. The third-order valence-corrected chi connectivity index (χ3v) is 3.86. The van der Waals surface area contributed by atoms with E-state index in [1.54, 1.807) is 20.8 Å². The molecule has 0 N–H and O–H groups in total. The van der Waals surface area contributed by atoms with Gasteiger partial charge in [0, 0.05) is 0 Å². The molecule has 0 aromatic heterocycles. The molecule has 0 saturated heterocycles. The van der Waals surface area contributed by atoms with Gasteiger partial charge in [-0.25, -0.2) is 0 Å². The highest BCUT2D eigenvalue weighted by molar-refractivity contribution is 5.63. The lowest BCUT2D eigenvalue weighted by Crippen LogP contribution is -2.13. The van der Waals surface area contributed by atoms with Crippen LogP contribution in [0.2, 0.25) is 0 Å². The van der Waals surface area contributed by atoms with Gasteiger partial charge in [-0.2, -0.15) is 26.3 Å². The van der Waals surface area contributed by atoms with Crippen molar-refractivity contribution in [2.45, 2.75) is 52.9 Å². The van der Waals surface area contributed by atoms with Crippen LogP contribution >= 0.6 is 0 Å². The van der Waals surface area contributed by atoms with Gasteiger partial charge < -0.3 is 0 Å². The summed E-state index contributed by atoms with van der Waals surface area (Å²) >= 11 is 0. The van der Waals surface area contributed by atoms with Gasteiger partial charge >= 0.3 is 18.0 Å². The van der Waals surface area contributed by atoms with Crippen LogP contribution in [-0.2, 0) is 12.4 Å². The maximum Gasteiger partial charge on any atom is 0.424 e. The van der Waals surface area contributed by atoms with Crippen LogP contribution in [0.5, 0.6) is 0 Å². The molecule has 0 radical (unpaired) electrons. The van der Waals surface area contributed by atoms with Gasteiger partial charge in [-0.1, -0.05) is 13.8 Å². The second kappa shape index (κ2) is 6.42. The van der Waals surface area contributed by atoms with Crippen molar-refractivity contribution in [3.63, 3.8) is 0 Å². The topological polar surface area (TPSA) is 4.36 Å². The quantitative estimate of drug-likeness (QED) is 0.521. The molecule has 7 heteroatoms. The van der Waals surface area contributed by atoms with E-state index in [1.807, 2.05) is 0 Å². The van der Waals surface area contributed by atoms with Crippen LogP contribution in [0, 0.1) is 18.4 Å². The number of rotatable bonds is 2. The second-order valence-electron chi connectivity index (χ2n) is 5.70. The Hall–Kier alpha value is -1.71. The summed E-state index contributed by atoms with van der Waals surface area (Å²) in [5, 5.41) is 0. The van der Waals surface area contributed by atoms with Gasteiger partial charge in [-0.15, -0.1) is 0 Å². The summed E-state index contributed by atoms with van der Waals surface area (Å²) in [6, 6.07) is 3.82. The van der Waals surface area contributed by atoms with E-state index in [0.717, 1.165) is 0 Å². The van der Waals surface area contributed by atoms with E-state index in [4.69, 9.17) is 0 Å². The first-order valence-electron chi connectivity index (χ1n) is 7.11. The third-order valence-electron chi connectivity index (χ3n) is 3.86. The second-order valence-corrected chi connectivity index (χ2v) is 5.70. The number of hydrogen-bond donors (Lipinski definition) is 0. The van der Waals surface area contributed by atoms with Gasteiger partial charge in [0.2, 0.25) is 0 Å². The fourth-order valence-corrected chi connectivity index (χ4v) is 1.93. The molecule has 1 aromatic carbocycles. The summed E-state index contributed by atoms with van der Waals surface area (Å²) in [7, 11) is 0. The number of nitrogens with zero attached hydrogens (tertiary/aromatic N) is 1. The average Bonchev–Trinajstić information content (AvgIpc) is 2.42. The molecule has 0 fully saturated rings. The smallest absolute Gasteiger partial charge is 0.166 e. The zero-order valence-corrected chi connectivity index (χ0v) is 13.3. The van der Waals surface area contributed by atoms with Crippen molar-refractivity contribution in [3.05, 3.63) is 33.7 Å². The van der Waals surface area contributed by atoms with E-state index >= 15 is 0 Å². The van der Waals surface area contributed by atoms with Gasteiger partial charge in [-0.05, 0) is 49.2 Å². The van der Waals surface area contributed by atoms with Gasteiger partial charge in [0.25, 0.3) is 6.07 Å². The molecule has 0 saturated carbocycles. The predicted octanol–water partition coefficient (Wildman–Crippen LogP) is 6.82. The zero-order valence-electron chi connectivity index (χ0n) is 13.3. The monoisotopic (exact) mass is 338 g/mol. The first-order valence-corrected chi connectivity index (χ1v) is 7.11. The van der Waals surface area contributed by atoms with E-state index in [9.17, 15) is 26.3 Å². The first kappa shape index (κ1) is 19.3. The van der Waals surface area contributed by atoms with E-state index in [-0.39, 0.29) is 5.56 Å². The van der Waals surface area contributed by atoms with Crippen molar-refractivity contribution in [1.82, 2.24) is 0 Å². The molecule has 0 bridgehead atoms. The van der Waals surface area contributed by atoms with E-state index in [2.05, 4.69) is 10.9 Å². The van der Waals surface area contributed by atoms with Crippen LogP contribution < -0.4 is 0 Å². The molecular formula is C16H18F6N+. The first-order chi connectivity index (χ1) is 10.3. The largest absolute Gasteiger partial charge is 0.424 e. The summed E-state index contributed by atoms with van der Waals surface area (Å²) in [5.74, 6) is 0. The Labute approximate surface area is 131 Å². The summed E-state index contributed by atoms with van der Waals surface area (Å²) in [4.78, 5) is 3.50. The van der Waals surface area contributed by atoms with Crippen LogP contribution in [0.4, 0.5) is 32.0 Å². The van der Waals surface area contributed by atoms with Gasteiger partial charge in [0.1, 0.15) is 16.5 Å². The van der Waals surface area contributed by atoms with Crippen molar-refractivity contribution >= 4 is 5.69 Å². The van der Waals surface area contributed by atoms with Crippen LogP contribution in [0.3, 0.4) is 0 Å². The minimum absolute atomic E-state index is 0.127. The number of hydrogen-bond acceptors (Lipinski definition) is 0. The molecule has 0 spiro atoms. The van der Waals surface area contributed by atoms with Crippen LogP contribution in [0.1, 0.15) is 50.3 Å². The Balaban J connectivity index is 3.71.